The van der Waals surface area contributed by atoms with E-state index in [9.17, 15) is 23.1 Å². The lowest BCUT2D eigenvalue weighted by Crippen LogP contribution is -2.32. The van der Waals surface area contributed by atoms with E-state index in [0.717, 1.165) is 63.4 Å². The Bertz CT molecular complexity index is 1600. The van der Waals surface area contributed by atoms with Crippen molar-refractivity contribution in [2.24, 2.45) is 24.6 Å². The van der Waals surface area contributed by atoms with Crippen molar-refractivity contribution in [2.75, 3.05) is 18.4 Å². The number of nitrogens with two attached hydrogens (primary N) is 1. The molecule has 2 heterocycles. The van der Waals surface area contributed by atoms with E-state index in [1.54, 1.807) is 12.1 Å². The zero-order chi connectivity index (χ0) is 32.1. The number of anilines is 2. The molecule has 0 radical (unpaired) electrons. The molecule has 10 nitrogen and oxygen atoms in total. The third-order valence-corrected chi connectivity index (χ3v) is 9.41. The molecule has 4 aromatic rings. The molecule has 46 heavy (non-hydrogen) atoms. The van der Waals surface area contributed by atoms with Crippen molar-refractivity contribution in [1.29, 1.82) is 0 Å². The van der Waals surface area contributed by atoms with Crippen molar-refractivity contribution >= 4 is 62.0 Å². The number of aromatic nitrogens is 3. The zero-order valence-corrected chi connectivity index (χ0v) is 27.1. The number of nitrogens with one attached hydrogen (secondary N) is 2. The van der Waals surface area contributed by atoms with Gasteiger partial charge < -0.3 is 35.9 Å². The predicted octanol–water partition coefficient (Wildman–Crippen LogP) is 6.02. The molecule has 2 aromatic heterocycles. The minimum atomic E-state index is -4.76. The van der Waals surface area contributed by atoms with Crippen molar-refractivity contribution in [3.8, 4) is 5.75 Å². The molecule has 2 fully saturated rings. The summed E-state index contributed by atoms with van der Waals surface area (Å²) in [7, 11) is 1.82. The van der Waals surface area contributed by atoms with Crippen LogP contribution in [0.2, 0.25) is 0 Å². The number of aliphatic hydroxyl groups excluding tert-OH is 2. The van der Waals surface area contributed by atoms with Gasteiger partial charge in [0.2, 0.25) is 5.95 Å². The van der Waals surface area contributed by atoms with Crippen LogP contribution in [0, 0.1) is 11.8 Å². The van der Waals surface area contributed by atoms with Crippen molar-refractivity contribution < 1.29 is 32.9 Å². The van der Waals surface area contributed by atoms with E-state index in [1.807, 2.05) is 17.7 Å². The second kappa shape index (κ2) is 15.6. The molecule has 2 aliphatic rings. The van der Waals surface area contributed by atoms with E-state index < -0.39 is 6.36 Å². The Morgan fingerprint density at radius 3 is 2.26 bits per heavy atom. The highest BCUT2D eigenvalue weighted by molar-refractivity contribution is 7.22. The quantitative estimate of drug-likeness (QED) is 0.159. The molecule has 6 N–H and O–H groups in total. The first-order chi connectivity index (χ1) is 21.5. The number of benzene rings is 2. The van der Waals surface area contributed by atoms with Gasteiger partial charge in [0.15, 0.2) is 5.13 Å². The fraction of sp³-hybridized carbons (Fsp3) is 0.516. The van der Waals surface area contributed by atoms with Crippen LogP contribution >= 0.6 is 23.7 Å². The number of fused-ring (bicyclic) bond motifs is 2. The van der Waals surface area contributed by atoms with Crippen LogP contribution < -0.4 is 21.1 Å². The third kappa shape index (κ3) is 9.44. The summed E-state index contributed by atoms with van der Waals surface area (Å²) in [6.45, 7) is 1.37. The summed E-state index contributed by atoms with van der Waals surface area (Å²) in [6, 6.07) is 9.26. The monoisotopic (exact) mass is 684 g/mol. The van der Waals surface area contributed by atoms with Gasteiger partial charge in [-0.25, -0.2) is 9.97 Å². The van der Waals surface area contributed by atoms with E-state index >= 15 is 0 Å². The summed E-state index contributed by atoms with van der Waals surface area (Å²) >= 11 is 1.18. The average Bonchev–Trinajstić information content (AvgIpc) is 3.55. The van der Waals surface area contributed by atoms with Gasteiger partial charge in [0.25, 0.3) is 5.91 Å². The number of hydrogen-bond acceptors (Lipinski definition) is 9. The van der Waals surface area contributed by atoms with Crippen LogP contribution in [0.1, 0.15) is 61.7 Å². The number of alkyl halides is 3. The van der Waals surface area contributed by atoms with Gasteiger partial charge in [0.05, 0.1) is 33.5 Å². The molecule has 0 aliphatic heterocycles. The molecule has 2 aliphatic carbocycles. The predicted molar refractivity (Wildman–Crippen MR) is 175 cm³/mol. The summed E-state index contributed by atoms with van der Waals surface area (Å²) in [4.78, 5) is 21.7. The van der Waals surface area contributed by atoms with Gasteiger partial charge in [0.1, 0.15) is 5.75 Å². The van der Waals surface area contributed by atoms with Gasteiger partial charge in [-0.1, -0.05) is 11.3 Å². The molecule has 252 valence electrons. The van der Waals surface area contributed by atoms with Crippen LogP contribution in [0.4, 0.5) is 24.3 Å². The Morgan fingerprint density at radius 1 is 0.978 bits per heavy atom. The number of aryl methyl sites for hydroxylation is 1. The van der Waals surface area contributed by atoms with Gasteiger partial charge >= 0.3 is 6.36 Å². The van der Waals surface area contributed by atoms with Crippen LogP contribution in [0.15, 0.2) is 36.4 Å². The Hall–Kier alpha value is -3.17. The molecule has 1 amide bonds. The molecule has 0 atom stereocenters. The van der Waals surface area contributed by atoms with E-state index in [0.29, 0.717) is 50.8 Å². The Labute approximate surface area is 275 Å². The largest absolute Gasteiger partial charge is 0.573 e. The summed E-state index contributed by atoms with van der Waals surface area (Å²) in [5.41, 5.74) is 7.92. The lowest BCUT2D eigenvalue weighted by molar-refractivity contribution is -0.274. The number of aliphatic hydroxyl groups is 2. The van der Waals surface area contributed by atoms with Gasteiger partial charge in [-0.05, 0) is 100 Å². The van der Waals surface area contributed by atoms with Crippen LogP contribution in [0.25, 0.3) is 21.3 Å². The van der Waals surface area contributed by atoms with Gasteiger partial charge in [-0.15, -0.1) is 25.6 Å². The number of carbonyl (C=O) groups excluding carboxylic acids is 1. The molecule has 2 aromatic carbocycles. The van der Waals surface area contributed by atoms with E-state index in [4.69, 9.17) is 10.8 Å². The molecule has 0 unspecified atom stereocenters. The van der Waals surface area contributed by atoms with E-state index in [-0.39, 0.29) is 36.3 Å². The second-order valence-corrected chi connectivity index (χ2v) is 12.8. The lowest BCUT2D eigenvalue weighted by atomic mass is 9.87. The number of imidazole rings is 1. The number of halogens is 4. The average molecular weight is 685 g/mol. The molecular formula is C31H40ClF3N6O4S. The molecule has 0 saturated heterocycles. The topological polar surface area (TPSA) is 148 Å². The van der Waals surface area contributed by atoms with Gasteiger partial charge in [-0.3, -0.25) is 4.79 Å². The van der Waals surface area contributed by atoms with Crippen molar-refractivity contribution in [1.82, 2.24) is 19.9 Å². The third-order valence-electron chi connectivity index (χ3n) is 8.47. The maximum Gasteiger partial charge on any atom is 0.573 e. The molecular weight excluding hydrogens is 645 g/mol. The first kappa shape index (κ1) is 35.7. The molecule has 0 spiro atoms. The zero-order valence-electron chi connectivity index (χ0n) is 25.4. The van der Waals surface area contributed by atoms with Crippen LogP contribution in [0.5, 0.6) is 5.75 Å². The van der Waals surface area contributed by atoms with E-state index in [1.165, 1.54) is 29.5 Å². The van der Waals surface area contributed by atoms with Gasteiger partial charge in [-0.2, -0.15) is 0 Å². The standard InChI is InChI=1S/C24H24F3N5O3S.C7H15NO.ClH/c1-32-19-9-4-14(21(34)28-12-13-2-5-15(33)6-3-13)10-18(19)29-22(32)31-23-30-17-8-7-16(11-20(17)36-23)35-24(25,26)27;8-5-6-1-3-7(9)4-2-6;/h4,7-11,13,15,33H,2-3,5-6,12H2,1H3,(H,28,34)(H,29,30,31);6-7,9H,1-5,8H2;1H. The Morgan fingerprint density at radius 2 is 1.63 bits per heavy atom. The van der Waals surface area contributed by atoms with Crippen molar-refractivity contribution in [2.45, 2.75) is 69.9 Å². The smallest absolute Gasteiger partial charge is 0.406 e. The van der Waals surface area contributed by atoms with Gasteiger partial charge in [0, 0.05) is 25.2 Å². The number of ether oxygens (including phenoxy) is 1. The second-order valence-electron chi connectivity index (χ2n) is 11.8. The first-order valence-electron chi connectivity index (χ1n) is 15.2. The number of amides is 1. The maximum atomic E-state index is 12.7. The lowest BCUT2D eigenvalue weighted by Gasteiger charge is -2.25. The number of thiazole rings is 1. The highest BCUT2D eigenvalue weighted by Crippen LogP contribution is 2.33. The highest BCUT2D eigenvalue weighted by atomic mass is 35.5. The number of rotatable bonds is 7. The fourth-order valence-corrected chi connectivity index (χ4v) is 6.66. The van der Waals surface area contributed by atoms with E-state index in [2.05, 4.69) is 25.3 Å². The summed E-state index contributed by atoms with van der Waals surface area (Å²) in [5.74, 6) is 1.06. The Balaban J connectivity index is 0.000000416. The number of hydrogen-bond donors (Lipinski definition) is 5. The fourth-order valence-electron chi connectivity index (χ4n) is 5.77. The summed E-state index contributed by atoms with van der Waals surface area (Å²) in [6.07, 6.45) is 2.49. The number of nitrogens with zero attached hydrogens (tertiary/aromatic N) is 3. The molecule has 15 heteroatoms. The summed E-state index contributed by atoms with van der Waals surface area (Å²) in [5, 5.41) is 25.3. The Kier molecular flexibility index (Phi) is 12.1. The van der Waals surface area contributed by atoms with Crippen LogP contribution in [0.3, 0.4) is 0 Å². The minimum absolute atomic E-state index is 0. The first-order valence-corrected chi connectivity index (χ1v) is 16.0. The van der Waals surface area contributed by atoms with Crippen LogP contribution in [-0.4, -0.2) is 62.3 Å². The molecule has 0 bridgehead atoms. The maximum absolute atomic E-state index is 12.7. The normalized spacial score (nSPS) is 21.6. The minimum Gasteiger partial charge on any atom is -0.406 e. The van der Waals surface area contributed by atoms with Crippen LogP contribution in [-0.2, 0) is 7.05 Å². The number of carbonyl (C=O) groups is 1. The SMILES string of the molecule is Cl.Cn1c(Nc2nc3ccc(OC(F)(F)F)cc3s2)nc2cc(C(=O)NCC3CCC(O)CC3)ccc21.NCC1CCC(O)CC1. The highest BCUT2D eigenvalue weighted by Gasteiger charge is 2.31. The molecule has 2 saturated carbocycles. The molecule has 6 rings (SSSR count). The summed E-state index contributed by atoms with van der Waals surface area (Å²) < 4.78 is 43.9. The van der Waals surface area contributed by atoms with Crippen molar-refractivity contribution in [3.63, 3.8) is 0 Å². The van der Waals surface area contributed by atoms with Crippen molar-refractivity contribution in [3.05, 3.63) is 42.0 Å².